The van der Waals surface area contributed by atoms with Crippen LogP contribution in [0, 0.1) is 11.3 Å². The Morgan fingerprint density at radius 1 is 1.17 bits per heavy atom. The van der Waals surface area contributed by atoms with Gasteiger partial charge >= 0.3 is 0 Å². The van der Waals surface area contributed by atoms with Crippen molar-refractivity contribution in [3.05, 3.63) is 46.6 Å². The third-order valence-corrected chi connectivity index (χ3v) is 7.22. The van der Waals surface area contributed by atoms with Crippen LogP contribution in [0.1, 0.15) is 59.2 Å². The number of hydrogen-bond acceptors (Lipinski definition) is 7. The monoisotopic (exact) mass is 491 g/mol. The zero-order valence-electron chi connectivity index (χ0n) is 22.2. The fourth-order valence-electron chi connectivity index (χ4n) is 5.22. The number of nitrogens with zero attached hydrogens (tertiary/aromatic N) is 7. The van der Waals surface area contributed by atoms with Crippen LogP contribution in [0.15, 0.2) is 35.4 Å². The standard InChI is InChI=1S/C27H37N7O2/c1-7-20-16-34(24-13-26(35)31(6)25-17-32(12-11-28)30-27(24)25)21(8-2)15-33(20)19(5)23-10-9-22(14-29-23)36-18(3)4/h9-10,13-14,17-21H,7-8,12,15-16H2,1-6H3/t19-,20+,21-/m0/s1. The molecule has 1 fully saturated rings. The molecule has 36 heavy (non-hydrogen) atoms. The molecule has 0 unspecified atom stereocenters. The largest absolute Gasteiger partial charge is 0.489 e. The highest BCUT2D eigenvalue weighted by atomic mass is 16.5. The van der Waals surface area contributed by atoms with Crippen LogP contribution in [-0.4, -0.2) is 55.5 Å². The molecule has 0 bridgehead atoms. The van der Waals surface area contributed by atoms with Gasteiger partial charge in [-0.3, -0.25) is 19.4 Å². The molecular formula is C27H37N7O2. The second kappa shape index (κ2) is 10.7. The summed E-state index contributed by atoms with van der Waals surface area (Å²) in [6.07, 6.45) is 5.63. The van der Waals surface area contributed by atoms with E-state index in [-0.39, 0.29) is 36.3 Å². The molecule has 4 heterocycles. The smallest absolute Gasteiger partial charge is 0.252 e. The molecule has 1 aliphatic rings. The average Bonchev–Trinajstić information content (AvgIpc) is 3.29. The summed E-state index contributed by atoms with van der Waals surface area (Å²) in [5.41, 5.74) is 3.33. The van der Waals surface area contributed by atoms with E-state index >= 15 is 0 Å². The molecular weight excluding hydrogens is 454 g/mol. The van der Waals surface area contributed by atoms with Crippen LogP contribution >= 0.6 is 0 Å². The lowest BCUT2D eigenvalue weighted by molar-refractivity contribution is 0.0990. The first-order valence-corrected chi connectivity index (χ1v) is 12.9. The molecule has 0 spiro atoms. The molecule has 192 valence electrons. The second-order valence-corrected chi connectivity index (χ2v) is 9.88. The van der Waals surface area contributed by atoms with Crippen molar-refractivity contribution in [2.24, 2.45) is 7.05 Å². The maximum atomic E-state index is 12.9. The highest BCUT2D eigenvalue weighted by Crippen LogP contribution is 2.34. The number of anilines is 1. The molecule has 0 saturated carbocycles. The highest BCUT2D eigenvalue weighted by molar-refractivity contribution is 5.88. The van der Waals surface area contributed by atoms with E-state index in [2.05, 4.69) is 47.8 Å². The number of aromatic nitrogens is 4. The summed E-state index contributed by atoms with van der Waals surface area (Å²) >= 11 is 0. The van der Waals surface area contributed by atoms with Crippen LogP contribution < -0.4 is 15.2 Å². The lowest BCUT2D eigenvalue weighted by atomic mass is 9.98. The van der Waals surface area contributed by atoms with Crippen molar-refractivity contribution in [3.63, 3.8) is 0 Å². The fraction of sp³-hybridized carbons (Fsp3) is 0.556. The van der Waals surface area contributed by atoms with E-state index in [1.165, 1.54) is 0 Å². The third-order valence-electron chi connectivity index (χ3n) is 7.22. The van der Waals surface area contributed by atoms with Crippen molar-refractivity contribution < 1.29 is 4.74 Å². The summed E-state index contributed by atoms with van der Waals surface area (Å²) in [6.45, 7) is 12.4. The Bertz CT molecular complexity index is 1290. The van der Waals surface area contributed by atoms with Gasteiger partial charge in [0.15, 0.2) is 0 Å². The Morgan fingerprint density at radius 3 is 2.53 bits per heavy atom. The zero-order chi connectivity index (χ0) is 26.0. The molecule has 9 heteroatoms. The molecule has 0 radical (unpaired) electrons. The summed E-state index contributed by atoms with van der Waals surface area (Å²) in [4.78, 5) is 22.5. The zero-order valence-corrected chi connectivity index (χ0v) is 22.2. The Kier molecular flexibility index (Phi) is 7.65. The van der Waals surface area contributed by atoms with Crippen molar-refractivity contribution >= 4 is 16.7 Å². The first-order chi connectivity index (χ1) is 17.3. The van der Waals surface area contributed by atoms with Crippen LogP contribution in [0.3, 0.4) is 0 Å². The van der Waals surface area contributed by atoms with E-state index in [9.17, 15) is 4.79 Å². The lowest BCUT2D eigenvalue weighted by Crippen LogP contribution is -2.58. The summed E-state index contributed by atoms with van der Waals surface area (Å²) in [6, 6.07) is 8.57. The van der Waals surface area contributed by atoms with Crippen molar-refractivity contribution in [2.75, 3.05) is 18.0 Å². The highest BCUT2D eigenvalue weighted by Gasteiger charge is 2.36. The number of ether oxygens (including phenoxy) is 1. The van der Waals surface area contributed by atoms with E-state index in [1.54, 1.807) is 28.6 Å². The van der Waals surface area contributed by atoms with E-state index in [4.69, 9.17) is 15.0 Å². The SMILES string of the molecule is CC[C@H]1CN([C@@H](C)c2ccc(OC(C)C)cn2)[C@H](CC)CN1c1cc(=O)n(C)c2cn(CC#N)nc12. The van der Waals surface area contributed by atoms with Gasteiger partial charge in [0, 0.05) is 44.3 Å². The van der Waals surface area contributed by atoms with Gasteiger partial charge in [-0.1, -0.05) is 13.8 Å². The third kappa shape index (κ3) is 4.96. The minimum atomic E-state index is -0.0689. The first kappa shape index (κ1) is 25.7. The molecule has 0 aromatic carbocycles. The Hall–Kier alpha value is -3.38. The normalized spacial score (nSPS) is 19.6. The first-order valence-electron chi connectivity index (χ1n) is 12.9. The van der Waals surface area contributed by atoms with Crippen molar-refractivity contribution in [1.29, 1.82) is 5.26 Å². The molecule has 0 aliphatic carbocycles. The Morgan fingerprint density at radius 2 is 1.92 bits per heavy atom. The Balaban J connectivity index is 1.65. The number of rotatable bonds is 8. The predicted octanol–water partition coefficient (Wildman–Crippen LogP) is 3.88. The Labute approximate surface area is 212 Å². The maximum absolute atomic E-state index is 12.9. The molecule has 3 atom stereocenters. The summed E-state index contributed by atoms with van der Waals surface area (Å²) in [5.74, 6) is 0.787. The van der Waals surface area contributed by atoms with Gasteiger partial charge in [0.2, 0.25) is 0 Å². The van der Waals surface area contributed by atoms with Crippen molar-refractivity contribution in [1.82, 2.24) is 24.2 Å². The molecule has 1 saturated heterocycles. The molecule has 1 aliphatic heterocycles. The van der Waals surface area contributed by atoms with Crippen LogP contribution in [-0.2, 0) is 13.6 Å². The lowest BCUT2D eigenvalue weighted by Gasteiger charge is -2.49. The van der Waals surface area contributed by atoms with Gasteiger partial charge in [-0.15, -0.1) is 0 Å². The number of aryl methyl sites for hydroxylation is 1. The maximum Gasteiger partial charge on any atom is 0.252 e. The number of nitriles is 1. The van der Waals surface area contributed by atoms with E-state index in [1.807, 2.05) is 26.1 Å². The van der Waals surface area contributed by atoms with Gasteiger partial charge in [0.1, 0.15) is 17.8 Å². The number of fused-ring (bicyclic) bond motifs is 1. The second-order valence-electron chi connectivity index (χ2n) is 9.88. The van der Waals surface area contributed by atoms with Gasteiger partial charge in [0.25, 0.3) is 5.56 Å². The summed E-state index contributed by atoms with van der Waals surface area (Å²) < 4.78 is 8.99. The van der Waals surface area contributed by atoms with Crippen molar-refractivity contribution in [3.8, 4) is 11.8 Å². The summed E-state index contributed by atoms with van der Waals surface area (Å²) in [5, 5.41) is 13.8. The quantitative estimate of drug-likeness (QED) is 0.472. The average molecular weight is 492 g/mol. The minimum absolute atomic E-state index is 0.0689. The molecule has 9 nitrogen and oxygen atoms in total. The van der Waals surface area contributed by atoms with Crippen LogP contribution in [0.4, 0.5) is 5.69 Å². The van der Waals surface area contributed by atoms with E-state index in [0.717, 1.165) is 54.1 Å². The van der Waals surface area contributed by atoms with Crippen LogP contribution in [0.2, 0.25) is 0 Å². The van der Waals surface area contributed by atoms with Gasteiger partial charge in [-0.05, 0) is 45.7 Å². The molecule has 4 rings (SSSR count). The molecule has 3 aromatic rings. The number of pyridine rings is 2. The van der Waals surface area contributed by atoms with E-state index < -0.39 is 0 Å². The molecule has 3 aromatic heterocycles. The topological polar surface area (TPSA) is 92.2 Å². The van der Waals surface area contributed by atoms with Gasteiger partial charge in [-0.25, -0.2) is 0 Å². The van der Waals surface area contributed by atoms with Crippen LogP contribution in [0.25, 0.3) is 11.0 Å². The van der Waals surface area contributed by atoms with Gasteiger partial charge < -0.3 is 14.2 Å². The van der Waals surface area contributed by atoms with E-state index in [0.29, 0.717) is 0 Å². The van der Waals surface area contributed by atoms with Crippen LogP contribution in [0.5, 0.6) is 5.75 Å². The predicted molar refractivity (Wildman–Crippen MR) is 141 cm³/mol. The van der Waals surface area contributed by atoms with Gasteiger partial charge in [0.05, 0.1) is 41.5 Å². The van der Waals surface area contributed by atoms with Gasteiger partial charge in [-0.2, -0.15) is 10.4 Å². The summed E-state index contributed by atoms with van der Waals surface area (Å²) in [7, 11) is 1.75. The number of hydrogen-bond donors (Lipinski definition) is 0. The molecule has 0 amide bonds. The fourth-order valence-corrected chi connectivity index (χ4v) is 5.22. The number of piperazine rings is 1. The minimum Gasteiger partial charge on any atom is -0.489 e. The van der Waals surface area contributed by atoms with Crippen molar-refractivity contribution in [2.45, 2.75) is 78.2 Å². The molecule has 0 N–H and O–H groups in total.